The second kappa shape index (κ2) is 5.35. The van der Waals surface area contributed by atoms with Crippen LogP contribution in [0.3, 0.4) is 0 Å². The number of hydrogen-bond donors (Lipinski definition) is 1. The third kappa shape index (κ3) is 3.28. The van der Waals surface area contributed by atoms with Gasteiger partial charge in [0.1, 0.15) is 0 Å². The monoisotopic (exact) mass is 222 g/mol. The molecule has 1 rings (SSSR count). The maximum absolute atomic E-state index is 9.15. The SMILES string of the molecule is CC(C)c1nn[c-]cc1O.[Rb+]. The van der Waals surface area contributed by atoms with Gasteiger partial charge in [-0.1, -0.05) is 13.8 Å². The van der Waals surface area contributed by atoms with Crippen molar-refractivity contribution >= 4 is 0 Å². The molecular formula is C7H9N2ORb. The van der Waals surface area contributed by atoms with Crippen molar-refractivity contribution in [3.8, 4) is 5.75 Å². The Bertz CT molecular complexity index is 227. The Kier molecular flexibility index (Phi) is 5.69. The molecular weight excluding hydrogens is 214 g/mol. The van der Waals surface area contributed by atoms with E-state index in [0.717, 1.165) is 0 Å². The van der Waals surface area contributed by atoms with E-state index >= 15 is 0 Å². The Balaban J connectivity index is 0.000001000. The molecule has 0 saturated carbocycles. The number of aromatic nitrogens is 2. The molecule has 0 fully saturated rings. The van der Waals surface area contributed by atoms with E-state index in [0.29, 0.717) is 5.69 Å². The van der Waals surface area contributed by atoms with Gasteiger partial charge in [-0.2, -0.15) is 11.2 Å². The van der Waals surface area contributed by atoms with Crippen LogP contribution >= 0.6 is 0 Å². The molecule has 0 aromatic carbocycles. The molecule has 0 unspecified atom stereocenters. The van der Waals surface area contributed by atoms with E-state index in [4.69, 9.17) is 5.11 Å². The molecule has 0 atom stereocenters. The third-order valence-electron chi connectivity index (χ3n) is 1.23. The van der Waals surface area contributed by atoms with Crippen LogP contribution in [0.1, 0.15) is 25.5 Å². The third-order valence-corrected chi connectivity index (χ3v) is 1.23. The Hall–Kier alpha value is 0.685. The van der Waals surface area contributed by atoms with Crippen molar-refractivity contribution in [3.63, 3.8) is 0 Å². The molecule has 4 heteroatoms. The maximum Gasteiger partial charge on any atom is 1.00 e. The van der Waals surface area contributed by atoms with E-state index in [-0.39, 0.29) is 69.9 Å². The molecule has 0 saturated heterocycles. The second-order valence-electron chi connectivity index (χ2n) is 2.40. The van der Waals surface area contributed by atoms with Gasteiger partial charge in [0.15, 0.2) is 0 Å². The first kappa shape index (κ1) is 11.7. The van der Waals surface area contributed by atoms with Gasteiger partial charge in [-0.3, -0.25) is 5.10 Å². The quantitative estimate of drug-likeness (QED) is 0.566. The smallest absolute Gasteiger partial charge is 0.591 e. The Morgan fingerprint density at radius 1 is 1.55 bits per heavy atom. The fourth-order valence-electron chi connectivity index (χ4n) is 0.709. The van der Waals surface area contributed by atoms with Crippen LogP contribution in [0.25, 0.3) is 0 Å². The zero-order valence-corrected chi connectivity index (χ0v) is 11.9. The predicted octanol–water partition coefficient (Wildman–Crippen LogP) is -1.89. The zero-order chi connectivity index (χ0) is 7.56. The van der Waals surface area contributed by atoms with Gasteiger partial charge in [0.05, 0.1) is 0 Å². The van der Waals surface area contributed by atoms with Crippen molar-refractivity contribution in [3.05, 3.63) is 18.0 Å². The van der Waals surface area contributed by atoms with Gasteiger partial charge in [-0.15, -0.1) is 6.20 Å². The molecule has 0 radical (unpaired) electrons. The van der Waals surface area contributed by atoms with Crippen molar-refractivity contribution in [1.29, 1.82) is 0 Å². The minimum atomic E-state index is 0. The standard InChI is InChI=1S/C7H9N2O.Rb/c1-5(2)7-6(10)3-4-8-9-7;/h3,5H,1-2H3,(H,8,10);/q-1;+1. The maximum atomic E-state index is 9.15. The first-order valence-corrected chi connectivity index (χ1v) is 3.14. The molecule has 54 valence electrons. The average molecular weight is 223 g/mol. The van der Waals surface area contributed by atoms with E-state index in [2.05, 4.69) is 16.4 Å². The molecule has 0 aliphatic carbocycles. The van der Waals surface area contributed by atoms with Gasteiger partial charge in [-0.25, -0.2) is 0 Å². The summed E-state index contributed by atoms with van der Waals surface area (Å²) >= 11 is 0. The summed E-state index contributed by atoms with van der Waals surface area (Å²) in [6, 6.07) is 1.42. The van der Waals surface area contributed by atoms with E-state index in [1.807, 2.05) is 13.8 Å². The molecule has 0 bridgehead atoms. The molecule has 1 N–H and O–H groups in total. The number of nitrogens with zero attached hydrogens (tertiary/aromatic N) is 2. The first-order chi connectivity index (χ1) is 4.72. The molecule has 1 aromatic heterocycles. The van der Waals surface area contributed by atoms with E-state index in [1.54, 1.807) is 0 Å². The number of rotatable bonds is 1. The molecule has 0 amide bonds. The van der Waals surface area contributed by atoms with E-state index in [9.17, 15) is 0 Å². The van der Waals surface area contributed by atoms with Gasteiger partial charge < -0.3 is 5.11 Å². The van der Waals surface area contributed by atoms with Crippen LogP contribution in [-0.2, 0) is 0 Å². The molecule has 0 aliphatic rings. The van der Waals surface area contributed by atoms with Crippen LogP contribution in [0.4, 0.5) is 0 Å². The van der Waals surface area contributed by atoms with Crippen molar-refractivity contribution in [2.24, 2.45) is 0 Å². The van der Waals surface area contributed by atoms with Gasteiger partial charge in [0.25, 0.3) is 0 Å². The van der Waals surface area contributed by atoms with E-state index in [1.165, 1.54) is 6.07 Å². The van der Waals surface area contributed by atoms with Crippen LogP contribution in [0.5, 0.6) is 5.75 Å². The van der Waals surface area contributed by atoms with E-state index < -0.39 is 0 Å². The second-order valence-corrected chi connectivity index (χ2v) is 2.40. The molecule has 0 aliphatic heterocycles. The first-order valence-electron chi connectivity index (χ1n) is 3.14. The topological polar surface area (TPSA) is 46.0 Å². The normalized spacial score (nSPS) is 9.36. The fraction of sp³-hybridized carbons (Fsp3) is 0.429. The Labute approximate surface area is 115 Å². The van der Waals surface area contributed by atoms with Gasteiger partial charge >= 0.3 is 58.2 Å². The Morgan fingerprint density at radius 3 is 2.55 bits per heavy atom. The summed E-state index contributed by atoms with van der Waals surface area (Å²) in [5.74, 6) is 0.382. The zero-order valence-electron chi connectivity index (χ0n) is 7.00. The molecule has 1 heterocycles. The number of hydrogen-bond acceptors (Lipinski definition) is 3. The van der Waals surface area contributed by atoms with Crippen LogP contribution < -0.4 is 58.2 Å². The van der Waals surface area contributed by atoms with Crippen molar-refractivity contribution in [2.45, 2.75) is 19.8 Å². The van der Waals surface area contributed by atoms with Crippen LogP contribution in [0, 0.1) is 6.20 Å². The average Bonchev–Trinajstić information content (AvgIpc) is 1.88. The summed E-state index contributed by atoms with van der Waals surface area (Å²) in [5, 5.41) is 16.4. The van der Waals surface area contributed by atoms with Gasteiger partial charge in [-0.05, 0) is 11.7 Å². The Morgan fingerprint density at radius 2 is 2.18 bits per heavy atom. The molecule has 3 nitrogen and oxygen atoms in total. The largest absolute Gasteiger partial charge is 1.00 e. The van der Waals surface area contributed by atoms with Crippen molar-refractivity contribution < 1.29 is 63.3 Å². The van der Waals surface area contributed by atoms with Crippen LogP contribution in [0.15, 0.2) is 6.07 Å². The molecule has 0 spiro atoms. The fourth-order valence-corrected chi connectivity index (χ4v) is 0.709. The van der Waals surface area contributed by atoms with Crippen molar-refractivity contribution in [2.75, 3.05) is 0 Å². The summed E-state index contributed by atoms with van der Waals surface area (Å²) in [5.41, 5.74) is 0.624. The summed E-state index contributed by atoms with van der Waals surface area (Å²) in [4.78, 5) is 0. The summed E-state index contributed by atoms with van der Waals surface area (Å²) in [7, 11) is 0. The van der Waals surface area contributed by atoms with Gasteiger partial charge in [0, 0.05) is 5.69 Å². The minimum Gasteiger partial charge on any atom is -0.591 e. The minimum absolute atomic E-state index is 0. The molecule has 11 heavy (non-hydrogen) atoms. The summed E-state index contributed by atoms with van der Waals surface area (Å²) in [6.07, 6.45) is 2.44. The predicted molar refractivity (Wildman–Crippen MR) is 36.6 cm³/mol. The van der Waals surface area contributed by atoms with Crippen LogP contribution in [0.2, 0.25) is 0 Å². The van der Waals surface area contributed by atoms with Crippen molar-refractivity contribution in [1.82, 2.24) is 10.2 Å². The van der Waals surface area contributed by atoms with Gasteiger partial charge in [0.2, 0.25) is 0 Å². The summed E-state index contributed by atoms with van der Waals surface area (Å²) < 4.78 is 0. The molecule has 1 aromatic rings. The summed E-state index contributed by atoms with van der Waals surface area (Å²) in [6.45, 7) is 3.90. The van der Waals surface area contributed by atoms with Crippen LogP contribution in [-0.4, -0.2) is 15.3 Å². The number of aromatic hydroxyl groups is 1.